The van der Waals surface area contributed by atoms with E-state index in [1.807, 2.05) is 13.0 Å². The van der Waals surface area contributed by atoms with Crippen molar-refractivity contribution in [2.24, 2.45) is 5.41 Å². The summed E-state index contributed by atoms with van der Waals surface area (Å²) in [5, 5.41) is 0.806. The summed E-state index contributed by atoms with van der Waals surface area (Å²) in [6, 6.07) is 3.58. The van der Waals surface area contributed by atoms with E-state index < -0.39 is 10.0 Å². The van der Waals surface area contributed by atoms with Gasteiger partial charge in [-0.3, -0.25) is 0 Å². The highest BCUT2D eigenvalue weighted by Crippen LogP contribution is 2.29. The average Bonchev–Trinajstić information content (AvgIpc) is 2.90. The third-order valence-corrected chi connectivity index (χ3v) is 7.98. The van der Waals surface area contributed by atoms with Crippen molar-refractivity contribution >= 4 is 37.3 Å². The molecule has 1 heterocycles. The van der Waals surface area contributed by atoms with Crippen LogP contribution in [-0.4, -0.2) is 20.3 Å². The molecule has 1 aromatic rings. The predicted molar refractivity (Wildman–Crippen MR) is 85.7 cm³/mol. The lowest BCUT2D eigenvalue weighted by molar-refractivity contribution is 0.310. The first kappa shape index (κ1) is 17.1. The first-order chi connectivity index (χ1) is 8.93. The highest BCUT2D eigenvalue weighted by Gasteiger charge is 2.27. The summed E-state index contributed by atoms with van der Waals surface area (Å²) in [4.78, 5) is 1.10. The zero-order valence-electron chi connectivity index (χ0n) is 11.7. The van der Waals surface area contributed by atoms with Crippen molar-refractivity contribution in [1.29, 1.82) is 0 Å². The van der Waals surface area contributed by atoms with Crippen molar-refractivity contribution in [3.8, 4) is 0 Å². The van der Waals surface area contributed by atoms with Crippen LogP contribution in [0.15, 0.2) is 16.3 Å². The van der Waals surface area contributed by atoms with Gasteiger partial charge < -0.3 is 0 Å². The summed E-state index contributed by atoms with van der Waals surface area (Å²) < 4.78 is 27.7. The van der Waals surface area contributed by atoms with Crippen molar-refractivity contribution < 1.29 is 8.42 Å². The minimum Gasteiger partial charge on any atom is -0.210 e. The van der Waals surface area contributed by atoms with E-state index in [9.17, 15) is 8.42 Å². The van der Waals surface area contributed by atoms with Crippen LogP contribution in [0, 0.1) is 5.41 Å². The van der Waals surface area contributed by atoms with Gasteiger partial charge in [-0.05, 0) is 36.8 Å². The molecule has 3 nitrogen and oxygen atoms in total. The Morgan fingerprint density at radius 2 is 1.89 bits per heavy atom. The number of nitrogens with one attached hydrogen (secondary N) is 1. The molecule has 0 aliphatic carbocycles. The molecule has 6 heteroatoms. The Morgan fingerprint density at radius 3 is 2.32 bits per heavy atom. The van der Waals surface area contributed by atoms with Gasteiger partial charge in [0.15, 0.2) is 0 Å². The first-order valence-electron chi connectivity index (χ1n) is 6.57. The zero-order chi connectivity index (χ0) is 14.5. The maximum atomic E-state index is 12.2. The fourth-order valence-corrected chi connectivity index (χ4v) is 5.24. The van der Waals surface area contributed by atoms with Crippen LogP contribution in [0.3, 0.4) is 0 Å². The van der Waals surface area contributed by atoms with Crippen LogP contribution in [-0.2, 0) is 16.4 Å². The van der Waals surface area contributed by atoms with Crippen LogP contribution in [0.5, 0.6) is 0 Å². The van der Waals surface area contributed by atoms with Crippen LogP contribution < -0.4 is 4.72 Å². The van der Waals surface area contributed by atoms with Crippen molar-refractivity contribution in [1.82, 2.24) is 4.72 Å². The standard InChI is InChI=1S/C13H22BrNO2S2/c1-4-11-7-8-12(18-11)19(16,17)15-10-13(5-2,6-3)9-14/h7-8,15H,4-6,9-10H2,1-3H3. The number of rotatable bonds is 8. The molecule has 0 aromatic carbocycles. The van der Waals surface area contributed by atoms with Crippen molar-refractivity contribution in [2.45, 2.75) is 44.2 Å². The topological polar surface area (TPSA) is 46.2 Å². The van der Waals surface area contributed by atoms with E-state index in [-0.39, 0.29) is 5.41 Å². The minimum absolute atomic E-state index is 0.00207. The molecule has 1 rings (SSSR count). The third kappa shape index (κ3) is 4.28. The SMILES string of the molecule is CCc1ccc(S(=O)(=O)NCC(CC)(CC)CBr)s1. The summed E-state index contributed by atoms with van der Waals surface area (Å²) in [7, 11) is -3.37. The lowest BCUT2D eigenvalue weighted by Gasteiger charge is -2.29. The Kier molecular flexibility index (Phi) is 6.50. The molecule has 110 valence electrons. The number of alkyl halides is 1. The van der Waals surface area contributed by atoms with Crippen LogP contribution in [0.1, 0.15) is 38.5 Å². The van der Waals surface area contributed by atoms with Crippen molar-refractivity contribution in [3.05, 3.63) is 17.0 Å². The summed E-state index contributed by atoms with van der Waals surface area (Å²) in [5.74, 6) is 0. The van der Waals surface area contributed by atoms with E-state index in [1.54, 1.807) is 6.07 Å². The summed E-state index contributed by atoms with van der Waals surface area (Å²) in [6.45, 7) is 6.70. The van der Waals surface area contributed by atoms with Gasteiger partial charge in [-0.15, -0.1) is 11.3 Å². The van der Waals surface area contributed by atoms with Crippen LogP contribution in [0.2, 0.25) is 0 Å². The van der Waals surface area contributed by atoms with Gasteiger partial charge in [-0.2, -0.15) is 0 Å². The van der Waals surface area contributed by atoms with E-state index in [4.69, 9.17) is 0 Å². The fraction of sp³-hybridized carbons (Fsp3) is 0.692. The van der Waals surface area contributed by atoms with Gasteiger partial charge in [0.05, 0.1) is 0 Å². The van der Waals surface area contributed by atoms with Gasteiger partial charge in [-0.25, -0.2) is 13.1 Å². The number of hydrogen-bond donors (Lipinski definition) is 1. The molecule has 0 radical (unpaired) electrons. The summed E-state index contributed by atoms with van der Waals surface area (Å²) in [5.41, 5.74) is -0.00207. The Bertz CT molecular complexity index is 484. The Labute approximate surface area is 129 Å². The minimum atomic E-state index is -3.37. The monoisotopic (exact) mass is 367 g/mol. The molecule has 0 amide bonds. The Hall–Kier alpha value is 0.0900. The average molecular weight is 368 g/mol. The van der Waals surface area contributed by atoms with Crippen molar-refractivity contribution in [2.75, 3.05) is 11.9 Å². The molecule has 0 bridgehead atoms. The highest BCUT2D eigenvalue weighted by atomic mass is 79.9. The first-order valence-corrected chi connectivity index (χ1v) is 9.99. The predicted octanol–water partition coefficient (Wildman–Crippen LogP) is 3.79. The second-order valence-electron chi connectivity index (χ2n) is 4.74. The van der Waals surface area contributed by atoms with E-state index >= 15 is 0 Å². The molecule has 0 saturated heterocycles. The van der Waals surface area contributed by atoms with E-state index in [0.717, 1.165) is 29.5 Å². The number of thiophene rings is 1. The van der Waals surface area contributed by atoms with Gasteiger partial charge in [-0.1, -0.05) is 36.7 Å². The second-order valence-corrected chi connectivity index (χ2v) is 8.46. The lowest BCUT2D eigenvalue weighted by atomic mass is 9.85. The smallest absolute Gasteiger partial charge is 0.210 e. The lowest BCUT2D eigenvalue weighted by Crippen LogP contribution is -2.37. The van der Waals surface area contributed by atoms with Gasteiger partial charge in [0.25, 0.3) is 0 Å². The molecule has 0 unspecified atom stereocenters. The normalized spacial score (nSPS) is 12.8. The van der Waals surface area contributed by atoms with Crippen LogP contribution >= 0.6 is 27.3 Å². The van der Waals surface area contributed by atoms with E-state index in [1.165, 1.54) is 11.3 Å². The van der Waals surface area contributed by atoms with Crippen LogP contribution in [0.25, 0.3) is 0 Å². The van der Waals surface area contributed by atoms with Gasteiger partial charge in [0.1, 0.15) is 4.21 Å². The zero-order valence-corrected chi connectivity index (χ0v) is 14.9. The Balaban J connectivity index is 2.80. The molecule has 0 saturated carbocycles. The fourth-order valence-electron chi connectivity index (χ4n) is 1.75. The molecular formula is C13H22BrNO2S2. The van der Waals surface area contributed by atoms with Gasteiger partial charge in [0.2, 0.25) is 10.0 Å². The number of aryl methyl sites for hydroxylation is 1. The number of sulfonamides is 1. The van der Waals surface area contributed by atoms with E-state index in [0.29, 0.717) is 10.8 Å². The molecule has 0 atom stereocenters. The van der Waals surface area contributed by atoms with Gasteiger partial charge >= 0.3 is 0 Å². The molecule has 19 heavy (non-hydrogen) atoms. The number of halogens is 1. The van der Waals surface area contributed by atoms with Gasteiger partial charge in [0, 0.05) is 16.8 Å². The van der Waals surface area contributed by atoms with Crippen LogP contribution in [0.4, 0.5) is 0 Å². The van der Waals surface area contributed by atoms with Crippen molar-refractivity contribution in [3.63, 3.8) is 0 Å². The molecule has 1 N–H and O–H groups in total. The summed E-state index contributed by atoms with van der Waals surface area (Å²) in [6.07, 6.45) is 2.76. The molecule has 0 spiro atoms. The largest absolute Gasteiger partial charge is 0.250 e. The maximum absolute atomic E-state index is 12.2. The van der Waals surface area contributed by atoms with E-state index in [2.05, 4.69) is 34.5 Å². The highest BCUT2D eigenvalue weighted by molar-refractivity contribution is 9.09. The molecule has 0 aliphatic rings. The second kappa shape index (κ2) is 7.20. The maximum Gasteiger partial charge on any atom is 0.250 e. The quantitative estimate of drug-likeness (QED) is 0.710. The Morgan fingerprint density at radius 1 is 1.26 bits per heavy atom. The third-order valence-electron chi connectivity index (χ3n) is 3.67. The molecular weight excluding hydrogens is 346 g/mol. The number of hydrogen-bond acceptors (Lipinski definition) is 3. The molecule has 1 aromatic heterocycles. The summed E-state index contributed by atoms with van der Waals surface area (Å²) >= 11 is 4.85. The molecule has 0 aliphatic heterocycles. The molecule has 0 fully saturated rings.